The summed E-state index contributed by atoms with van der Waals surface area (Å²) < 4.78 is 38.8. The molecule has 0 radical (unpaired) electrons. The van der Waals surface area contributed by atoms with E-state index in [1.165, 1.54) is 19.3 Å². The first-order valence-corrected chi connectivity index (χ1v) is 10.6. The van der Waals surface area contributed by atoms with Gasteiger partial charge >= 0.3 is 6.18 Å². The van der Waals surface area contributed by atoms with E-state index < -0.39 is 17.8 Å². The van der Waals surface area contributed by atoms with Crippen LogP contribution in [0.1, 0.15) is 32.1 Å². The van der Waals surface area contributed by atoms with E-state index in [1.807, 2.05) is 6.92 Å². The van der Waals surface area contributed by atoms with Crippen molar-refractivity contribution < 1.29 is 22.8 Å². The predicted octanol–water partition coefficient (Wildman–Crippen LogP) is 4.54. The number of alkyl halides is 3. The molecule has 0 saturated carbocycles. The van der Waals surface area contributed by atoms with Crippen molar-refractivity contribution >= 4 is 17.5 Å². The summed E-state index contributed by atoms with van der Waals surface area (Å²) in [5.74, 6) is -1.04. The van der Waals surface area contributed by atoms with Crippen LogP contribution in [0.5, 0.6) is 0 Å². The van der Waals surface area contributed by atoms with Crippen LogP contribution < -0.4 is 10.6 Å². The number of carbonyl (C=O) groups is 2. The van der Waals surface area contributed by atoms with E-state index in [2.05, 4.69) is 30.8 Å². The molecule has 0 aliphatic heterocycles. The van der Waals surface area contributed by atoms with Crippen LogP contribution in [0.2, 0.25) is 0 Å². The fourth-order valence-electron chi connectivity index (χ4n) is 3.42. The van der Waals surface area contributed by atoms with Crippen LogP contribution in [-0.4, -0.2) is 39.0 Å². The molecule has 36 heavy (non-hydrogen) atoms. The van der Waals surface area contributed by atoms with Crippen LogP contribution >= 0.6 is 0 Å². The lowest BCUT2D eigenvalue weighted by Gasteiger charge is -2.12. The number of hydrogen-bond donors (Lipinski definition) is 2. The number of hydrogen-bond acceptors (Lipinski definition) is 6. The van der Waals surface area contributed by atoms with E-state index in [4.69, 9.17) is 0 Å². The lowest BCUT2D eigenvalue weighted by atomic mass is 10.0. The first-order valence-electron chi connectivity index (χ1n) is 10.6. The third-order valence-electron chi connectivity index (χ3n) is 5.29. The second-order valence-corrected chi connectivity index (χ2v) is 7.75. The van der Waals surface area contributed by atoms with Crippen LogP contribution in [0.25, 0.3) is 22.4 Å². The molecule has 0 fully saturated rings. The smallest absolute Gasteiger partial charge is 0.354 e. The van der Waals surface area contributed by atoms with Crippen LogP contribution in [0.3, 0.4) is 0 Å². The highest BCUT2D eigenvalue weighted by Crippen LogP contribution is 2.30. The van der Waals surface area contributed by atoms with Crippen molar-refractivity contribution in [3.8, 4) is 22.4 Å². The number of rotatable bonds is 5. The molecular formula is C25H19F3N6O2. The second-order valence-electron chi connectivity index (χ2n) is 7.75. The third-order valence-corrected chi connectivity index (χ3v) is 5.29. The fourth-order valence-corrected chi connectivity index (χ4v) is 3.42. The number of nitrogens with zero attached hydrogens (tertiary/aromatic N) is 4. The van der Waals surface area contributed by atoms with Gasteiger partial charge < -0.3 is 10.6 Å². The Morgan fingerprint density at radius 3 is 2.42 bits per heavy atom. The maximum Gasteiger partial charge on any atom is 0.433 e. The van der Waals surface area contributed by atoms with Gasteiger partial charge in [0.15, 0.2) is 0 Å². The van der Waals surface area contributed by atoms with Gasteiger partial charge in [-0.2, -0.15) is 23.4 Å². The van der Waals surface area contributed by atoms with E-state index in [0.717, 1.165) is 11.8 Å². The Labute approximate surface area is 203 Å². The van der Waals surface area contributed by atoms with Crippen LogP contribution in [0.4, 0.5) is 18.9 Å². The topological polar surface area (TPSA) is 110 Å². The van der Waals surface area contributed by atoms with Crippen molar-refractivity contribution in [3.05, 3.63) is 89.6 Å². The number of benzene rings is 1. The van der Waals surface area contributed by atoms with Crippen molar-refractivity contribution in [1.29, 1.82) is 0 Å². The zero-order valence-corrected chi connectivity index (χ0v) is 19.1. The first kappa shape index (κ1) is 24.5. The Bertz CT molecular complexity index is 1460. The predicted molar refractivity (Wildman–Crippen MR) is 126 cm³/mol. The van der Waals surface area contributed by atoms with Gasteiger partial charge in [-0.05, 0) is 60.5 Å². The number of anilines is 1. The summed E-state index contributed by atoms with van der Waals surface area (Å²) in [4.78, 5) is 31.9. The molecule has 3 heterocycles. The molecule has 3 aromatic heterocycles. The van der Waals surface area contributed by atoms with E-state index >= 15 is 0 Å². The van der Waals surface area contributed by atoms with Gasteiger partial charge in [0.2, 0.25) is 0 Å². The Morgan fingerprint density at radius 2 is 1.67 bits per heavy atom. The number of nitrogens with one attached hydrogen (secondary N) is 2. The molecule has 4 aromatic rings. The zero-order chi connectivity index (χ0) is 25.9. The summed E-state index contributed by atoms with van der Waals surface area (Å²) in [6, 6.07) is 12.1. The van der Waals surface area contributed by atoms with Gasteiger partial charge in [0.05, 0.1) is 11.9 Å². The average molecular weight is 492 g/mol. The van der Waals surface area contributed by atoms with Gasteiger partial charge in [0.1, 0.15) is 11.4 Å². The van der Waals surface area contributed by atoms with Crippen molar-refractivity contribution in [1.82, 2.24) is 25.5 Å². The molecule has 0 saturated heterocycles. The number of aromatic nitrogens is 4. The van der Waals surface area contributed by atoms with E-state index in [1.54, 1.807) is 42.6 Å². The number of carbonyl (C=O) groups excluding carboxylic acids is 2. The summed E-state index contributed by atoms with van der Waals surface area (Å²) in [5, 5.41) is 13.4. The summed E-state index contributed by atoms with van der Waals surface area (Å²) >= 11 is 0. The first-order chi connectivity index (χ1) is 17.2. The largest absolute Gasteiger partial charge is 0.433 e. The summed E-state index contributed by atoms with van der Waals surface area (Å²) in [6.07, 6.45) is -0.652. The molecule has 0 unspecified atom stereocenters. The van der Waals surface area contributed by atoms with Crippen molar-refractivity contribution in [2.45, 2.75) is 13.1 Å². The minimum Gasteiger partial charge on any atom is -0.354 e. The fraction of sp³-hybridized carbons (Fsp3) is 0.120. The molecule has 0 aliphatic rings. The summed E-state index contributed by atoms with van der Waals surface area (Å²) in [6.45, 7) is 1.85. The Kier molecular flexibility index (Phi) is 6.73. The van der Waals surface area contributed by atoms with Crippen LogP contribution in [-0.2, 0) is 6.18 Å². The second kappa shape index (κ2) is 9.90. The lowest BCUT2D eigenvalue weighted by molar-refractivity contribution is -0.141. The van der Waals surface area contributed by atoms with Crippen LogP contribution in [0.15, 0.2) is 67.1 Å². The highest BCUT2D eigenvalue weighted by molar-refractivity contribution is 6.04. The minimum absolute atomic E-state index is 0.175. The number of halogens is 3. The maximum absolute atomic E-state index is 12.9. The molecule has 2 N–H and O–H groups in total. The minimum atomic E-state index is -4.66. The normalized spacial score (nSPS) is 11.1. The van der Waals surface area contributed by atoms with Gasteiger partial charge in [-0.25, -0.2) is 0 Å². The molecule has 0 aliphatic carbocycles. The number of amides is 2. The molecule has 4 rings (SSSR count). The molecule has 0 bridgehead atoms. The molecular weight excluding hydrogens is 473 g/mol. The molecule has 1 aromatic carbocycles. The van der Waals surface area contributed by atoms with Gasteiger partial charge in [-0.1, -0.05) is 6.07 Å². The molecule has 2 amide bonds. The van der Waals surface area contributed by atoms with Crippen LogP contribution in [0, 0.1) is 6.92 Å². The van der Waals surface area contributed by atoms with Gasteiger partial charge in [-0.15, -0.1) is 0 Å². The van der Waals surface area contributed by atoms with E-state index in [0.29, 0.717) is 34.1 Å². The van der Waals surface area contributed by atoms with Gasteiger partial charge in [-0.3, -0.25) is 19.6 Å². The number of aryl methyl sites for hydroxylation is 1. The Hall–Kier alpha value is -4.67. The molecule has 182 valence electrons. The zero-order valence-electron chi connectivity index (χ0n) is 19.1. The monoisotopic (exact) mass is 492 g/mol. The molecule has 11 heteroatoms. The van der Waals surface area contributed by atoms with Crippen molar-refractivity contribution in [2.24, 2.45) is 0 Å². The van der Waals surface area contributed by atoms with Gasteiger partial charge in [0.25, 0.3) is 11.8 Å². The van der Waals surface area contributed by atoms with E-state index in [-0.39, 0.29) is 17.2 Å². The summed E-state index contributed by atoms with van der Waals surface area (Å²) in [5.41, 5.74) is 2.69. The van der Waals surface area contributed by atoms with Crippen molar-refractivity contribution in [2.75, 3.05) is 12.4 Å². The quantitative estimate of drug-likeness (QED) is 0.423. The highest BCUT2D eigenvalue weighted by Gasteiger charge is 2.33. The highest BCUT2D eigenvalue weighted by atomic mass is 19.4. The molecule has 8 nitrogen and oxygen atoms in total. The van der Waals surface area contributed by atoms with E-state index in [9.17, 15) is 22.8 Å². The van der Waals surface area contributed by atoms with Gasteiger partial charge in [0, 0.05) is 41.8 Å². The Morgan fingerprint density at radius 1 is 0.889 bits per heavy atom. The molecule has 0 spiro atoms. The average Bonchev–Trinajstić information content (AvgIpc) is 2.89. The lowest BCUT2D eigenvalue weighted by Crippen LogP contribution is -2.19. The summed E-state index contributed by atoms with van der Waals surface area (Å²) in [7, 11) is 1.52. The third kappa shape index (κ3) is 5.35. The number of pyridine rings is 2. The Balaban J connectivity index is 1.63. The molecule has 0 atom stereocenters. The maximum atomic E-state index is 12.9. The SMILES string of the molecule is CNC(=O)c1cc(-c2cnnc(-c3cc(NC(=O)c4ccnc(C(F)(F)F)c4)ccc3C)c2)ccn1. The van der Waals surface area contributed by atoms with Crippen molar-refractivity contribution in [3.63, 3.8) is 0 Å². The standard InChI is InChI=1S/C25H19F3N6O2/c1-14-3-4-18(33-23(35)16-6-8-31-22(11-16)25(26,27)28)12-19(14)20-10-17(13-32-34-20)15-5-7-30-21(9-15)24(36)29-2/h3-13H,1-2H3,(H,29,36)(H,33,35).